The maximum Gasteiger partial charge on any atom is 0.449 e. The number of nitrogens with zero attached hydrogens (tertiary/aromatic N) is 2. The van der Waals surface area contributed by atoms with Crippen LogP contribution in [0.3, 0.4) is 0 Å². The molecule has 0 N–H and O–H groups in total. The molecule has 11 heteroatoms. The molecule has 3 aromatic rings. The van der Waals surface area contributed by atoms with E-state index in [2.05, 4.69) is 0 Å². The molecule has 1 atom stereocenters. The zero-order valence-electron chi connectivity index (χ0n) is 19.0. The van der Waals surface area contributed by atoms with Crippen LogP contribution in [0.1, 0.15) is 30.2 Å². The number of hydrogen-bond donors (Lipinski definition) is 0. The van der Waals surface area contributed by atoms with Gasteiger partial charge in [-0.2, -0.15) is 13.2 Å². The highest BCUT2D eigenvalue weighted by Crippen LogP contribution is 2.40. The largest absolute Gasteiger partial charge is 0.449 e. The summed E-state index contributed by atoms with van der Waals surface area (Å²) < 4.78 is 67.3. The van der Waals surface area contributed by atoms with Gasteiger partial charge in [0.2, 0.25) is 11.7 Å². The van der Waals surface area contributed by atoms with E-state index in [1.165, 1.54) is 28.9 Å². The van der Waals surface area contributed by atoms with E-state index in [9.17, 15) is 31.2 Å². The SMILES string of the molecule is CC(=O)N1c2ccc(-c3ccc(S(C)(=O)=O)cc3)cc2N(C(=O)c2ccc(C(F)(F)F)o2)CC1C. The van der Waals surface area contributed by atoms with Gasteiger partial charge in [0.25, 0.3) is 5.91 Å². The number of carbonyl (C=O) groups is 2. The predicted octanol–water partition coefficient (Wildman–Crippen LogP) is 4.77. The van der Waals surface area contributed by atoms with Gasteiger partial charge in [-0.1, -0.05) is 18.2 Å². The fraction of sp³-hybridized carbons (Fsp3) is 0.250. The summed E-state index contributed by atoms with van der Waals surface area (Å²) in [6.45, 7) is 3.15. The quantitative estimate of drug-likeness (QED) is 0.511. The number of rotatable bonds is 3. The summed E-state index contributed by atoms with van der Waals surface area (Å²) in [5, 5.41) is 0. The highest BCUT2D eigenvalue weighted by atomic mass is 32.2. The lowest BCUT2D eigenvalue weighted by molar-refractivity contribution is -0.153. The first-order valence-electron chi connectivity index (χ1n) is 10.5. The summed E-state index contributed by atoms with van der Waals surface area (Å²) in [5.74, 6) is -2.79. The molecule has 0 aliphatic carbocycles. The van der Waals surface area contributed by atoms with Crippen LogP contribution >= 0.6 is 0 Å². The number of fused-ring (bicyclic) bond motifs is 1. The minimum Gasteiger partial charge on any atom is -0.446 e. The molecule has 0 saturated heterocycles. The van der Waals surface area contributed by atoms with Gasteiger partial charge in [-0.25, -0.2) is 8.42 Å². The van der Waals surface area contributed by atoms with E-state index in [0.717, 1.165) is 12.3 Å². The molecule has 4 rings (SSSR count). The topological polar surface area (TPSA) is 87.9 Å². The van der Waals surface area contributed by atoms with Crippen molar-refractivity contribution in [1.29, 1.82) is 0 Å². The third-order valence-electron chi connectivity index (χ3n) is 5.71. The molecular weight excluding hydrogens is 485 g/mol. The number of carbonyl (C=O) groups excluding carboxylic acids is 2. The molecular formula is C24H21F3N2O5S. The van der Waals surface area contributed by atoms with Crippen molar-refractivity contribution in [3.63, 3.8) is 0 Å². The Hall–Kier alpha value is -3.60. The zero-order valence-corrected chi connectivity index (χ0v) is 19.8. The minimum atomic E-state index is -4.73. The van der Waals surface area contributed by atoms with Crippen LogP contribution in [0.4, 0.5) is 24.5 Å². The summed E-state index contributed by atoms with van der Waals surface area (Å²) in [6, 6.07) is 12.4. The number of sulfone groups is 1. The van der Waals surface area contributed by atoms with Crippen molar-refractivity contribution in [3.8, 4) is 11.1 Å². The van der Waals surface area contributed by atoms with Crippen LogP contribution < -0.4 is 9.80 Å². The lowest BCUT2D eigenvalue weighted by Crippen LogP contribution is -2.51. The molecule has 1 aliphatic rings. The second kappa shape index (κ2) is 8.56. The van der Waals surface area contributed by atoms with Gasteiger partial charge < -0.3 is 14.2 Å². The molecule has 0 saturated carbocycles. The number of hydrogen-bond acceptors (Lipinski definition) is 5. The number of benzene rings is 2. The van der Waals surface area contributed by atoms with Gasteiger partial charge in [0, 0.05) is 19.7 Å². The summed E-state index contributed by atoms with van der Waals surface area (Å²) in [6.07, 6.45) is -3.64. The van der Waals surface area contributed by atoms with Crippen LogP contribution in [-0.2, 0) is 20.8 Å². The second-order valence-electron chi connectivity index (χ2n) is 8.32. The highest BCUT2D eigenvalue weighted by Gasteiger charge is 2.38. The normalized spacial score (nSPS) is 16.2. The summed E-state index contributed by atoms with van der Waals surface area (Å²) in [7, 11) is -3.39. The van der Waals surface area contributed by atoms with Crippen LogP contribution in [-0.4, -0.2) is 39.1 Å². The lowest BCUT2D eigenvalue weighted by Gasteiger charge is -2.40. The Morgan fingerprint density at radius 3 is 2.14 bits per heavy atom. The molecule has 7 nitrogen and oxygen atoms in total. The Bertz CT molecular complexity index is 1410. The van der Waals surface area contributed by atoms with E-state index >= 15 is 0 Å². The van der Waals surface area contributed by atoms with E-state index in [4.69, 9.17) is 4.42 Å². The molecule has 1 aromatic heterocycles. The molecule has 2 amide bonds. The van der Waals surface area contributed by atoms with Crippen molar-refractivity contribution in [2.24, 2.45) is 0 Å². The highest BCUT2D eigenvalue weighted by molar-refractivity contribution is 7.90. The minimum absolute atomic E-state index is 0.0317. The number of furan rings is 1. The first-order chi connectivity index (χ1) is 16.3. The molecule has 35 heavy (non-hydrogen) atoms. The zero-order chi connectivity index (χ0) is 25.7. The Balaban J connectivity index is 1.79. The Kier molecular flexibility index (Phi) is 6.00. The summed E-state index contributed by atoms with van der Waals surface area (Å²) in [4.78, 5) is 28.5. The number of halogens is 3. The van der Waals surface area contributed by atoms with Crippen molar-refractivity contribution in [2.75, 3.05) is 22.6 Å². The van der Waals surface area contributed by atoms with Gasteiger partial charge in [-0.05, 0) is 54.4 Å². The van der Waals surface area contributed by atoms with E-state index < -0.39 is 39.5 Å². The maximum absolute atomic E-state index is 13.2. The number of amides is 2. The molecule has 184 valence electrons. The van der Waals surface area contributed by atoms with Crippen LogP contribution in [0.5, 0.6) is 0 Å². The van der Waals surface area contributed by atoms with E-state index in [-0.39, 0.29) is 17.3 Å². The van der Waals surface area contributed by atoms with E-state index in [0.29, 0.717) is 28.6 Å². The molecule has 1 unspecified atom stereocenters. The smallest absolute Gasteiger partial charge is 0.446 e. The third kappa shape index (κ3) is 4.68. The average molecular weight is 507 g/mol. The van der Waals surface area contributed by atoms with Gasteiger partial charge in [-0.15, -0.1) is 0 Å². The molecule has 0 spiro atoms. The average Bonchev–Trinajstić information content (AvgIpc) is 3.28. The molecule has 0 bridgehead atoms. The van der Waals surface area contributed by atoms with Gasteiger partial charge in [0.1, 0.15) is 0 Å². The number of alkyl halides is 3. The van der Waals surface area contributed by atoms with E-state index in [1.807, 2.05) is 0 Å². The first kappa shape index (κ1) is 24.5. The summed E-state index contributed by atoms with van der Waals surface area (Å²) in [5.41, 5.74) is 2.01. The number of anilines is 2. The fourth-order valence-corrected chi connectivity index (χ4v) is 4.74. The molecule has 0 radical (unpaired) electrons. The third-order valence-corrected chi connectivity index (χ3v) is 6.84. The molecule has 1 aliphatic heterocycles. The Morgan fingerprint density at radius 1 is 0.971 bits per heavy atom. The standard InChI is InChI=1S/C24H21F3N2O5S/c1-14-13-28(23(31)21-10-11-22(34-21)24(25,26)27)20-12-17(6-9-19(20)29(14)15(2)30)16-4-7-18(8-5-16)35(3,32)33/h4-12,14H,13H2,1-3H3. The van der Waals surface area contributed by atoms with Crippen molar-refractivity contribution >= 4 is 33.0 Å². The summed E-state index contributed by atoms with van der Waals surface area (Å²) >= 11 is 0. The predicted molar refractivity (Wildman–Crippen MR) is 123 cm³/mol. The lowest BCUT2D eigenvalue weighted by atomic mass is 10.0. The van der Waals surface area contributed by atoms with Crippen molar-refractivity contribution in [3.05, 3.63) is 66.1 Å². The first-order valence-corrected chi connectivity index (χ1v) is 12.4. The van der Waals surface area contributed by atoms with Crippen LogP contribution in [0.2, 0.25) is 0 Å². The van der Waals surface area contributed by atoms with Crippen LogP contribution in [0, 0.1) is 0 Å². The fourth-order valence-electron chi connectivity index (χ4n) is 4.11. The molecule has 2 heterocycles. The van der Waals surface area contributed by atoms with Crippen molar-refractivity contribution in [1.82, 2.24) is 0 Å². The van der Waals surface area contributed by atoms with Gasteiger partial charge >= 0.3 is 6.18 Å². The van der Waals surface area contributed by atoms with Gasteiger partial charge in [-0.3, -0.25) is 9.59 Å². The van der Waals surface area contributed by atoms with Crippen molar-refractivity contribution < 1.29 is 35.6 Å². The monoisotopic (exact) mass is 506 g/mol. The van der Waals surface area contributed by atoms with Crippen LogP contribution in [0.15, 0.2) is 63.9 Å². The Morgan fingerprint density at radius 2 is 1.60 bits per heavy atom. The Labute approximate surface area is 199 Å². The van der Waals surface area contributed by atoms with Crippen LogP contribution in [0.25, 0.3) is 11.1 Å². The van der Waals surface area contributed by atoms with Gasteiger partial charge in [0.15, 0.2) is 15.6 Å². The van der Waals surface area contributed by atoms with Crippen molar-refractivity contribution in [2.45, 2.75) is 31.0 Å². The maximum atomic E-state index is 13.2. The molecule has 2 aromatic carbocycles. The second-order valence-corrected chi connectivity index (χ2v) is 10.3. The van der Waals surface area contributed by atoms with Gasteiger partial charge in [0.05, 0.1) is 22.3 Å². The molecule has 0 fully saturated rings. The van der Waals surface area contributed by atoms with E-state index in [1.54, 1.807) is 37.3 Å².